The normalized spacial score (nSPS) is 12.7. The summed E-state index contributed by atoms with van der Waals surface area (Å²) in [4.78, 5) is 0. The van der Waals surface area contributed by atoms with Gasteiger partial charge in [0.1, 0.15) is 0 Å². The topological polar surface area (TPSA) is 29.9 Å². The molecule has 1 atom stereocenters. The van der Waals surface area contributed by atoms with Gasteiger partial charge in [0, 0.05) is 17.7 Å². The summed E-state index contributed by atoms with van der Waals surface area (Å²) in [5, 5.41) is 7.77. The van der Waals surface area contributed by atoms with Crippen molar-refractivity contribution in [1.82, 2.24) is 15.1 Å². The number of hydrogen-bond acceptors (Lipinski definition) is 2. The fourth-order valence-electron chi connectivity index (χ4n) is 2.20. The number of aromatic nitrogens is 2. The van der Waals surface area contributed by atoms with E-state index in [-0.39, 0.29) is 6.04 Å². The molecule has 0 aliphatic rings. The first-order valence-corrected chi connectivity index (χ1v) is 6.89. The summed E-state index contributed by atoms with van der Waals surface area (Å²) in [6, 6.07) is 8.73. The predicted octanol–water partition coefficient (Wildman–Crippen LogP) is 3.19. The minimum Gasteiger partial charge on any atom is -0.305 e. The molecule has 2 aromatic rings. The van der Waals surface area contributed by atoms with Crippen molar-refractivity contribution in [3.8, 4) is 0 Å². The maximum Gasteiger partial charge on any atom is 0.0748 e. The molecule has 0 bridgehead atoms. The molecular formula is C14H18BrN3. The van der Waals surface area contributed by atoms with Crippen LogP contribution in [0.15, 0.2) is 34.9 Å². The third kappa shape index (κ3) is 2.82. The van der Waals surface area contributed by atoms with Gasteiger partial charge in [0.2, 0.25) is 0 Å². The molecule has 1 heterocycles. The fraction of sp³-hybridized carbons (Fsp3) is 0.357. The Morgan fingerprint density at radius 1 is 1.39 bits per heavy atom. The second-order valence-electron chi connectivity index (χ2n) is 4.43. The molecule has 18 heavy (non-hydrogen) atoms. The Balaban J connectivity index is 2.44. The van der Waals surface area contributed by atoms with Crippen LogP contribution >= 0.6 is 15.9 Å². The van der Waals surface area contributed by atoms with Gasteiger partial charge in [-0.05, 0) is 42.8 Å². The zero-order chi connectivity index (χ0) is 13.1. The number of aryl methyl sites for hydroxylation is 2. The molecule has 0 saturated heterocycles. The van der Waals surface area contributed by atoms with Gasteiger partial charge in [-0.3, -0.25) is 4.68 Å². The molecule has 0 saturated carbocycles. The molecule has 1 unspecified atom stereocenters. The SMILES string of the molecule is CCNC(c1cc(C)cc(Br)c1)c1ccnn1C. The summed E-state index contributed by atoms with van der Waals surface area (Å²) in [7, 11) is 1.98. The molecule has 4 heteroatoms. The number of nitrogens with zero attached hydrogens (tertiary/aromatic N) is 2. The molecule has 0 amide bonds. The van der Waals surface area contributed by atoms with Gasteiger partial charge in [-0.15, -0.1) is 0 Å². The van der Waals surface area contributed by atoms with Crippen molar-refractivity contribution in [3.05, 3.63) is 51.8 Å². The summed E-state index contributed by atoms with van der Waals surface area (Å²) < 4.78 is 3.03. The van der Waals surface area contributed by atoms with Crippen LogP contribution in [0, 0.1) is 6.92 Å². The first kappa shape index (κ1) is 13.3. The van der Waals surface area contributed by atoms with Crippen molar-refractivity contribution in [2.24, 2.45) is 7.05 Å². The van der Waals surface area contributed by atoms with Gasteiger partial charge in [0.15, 0.2) is 0 Å². The first-order chi connectivity index (χ1) is 8.61. The highest BCUT2D eigenvalue weighted by Crippen LogP contribution is 2.25. The third-order valence-corrected chi connectivity index (χ3v) is 3.42. The zero-order valence-electron chi connectivity index (χ0n) is 10.9. The van der Waals surface area contributed by atoms with Crippen LogP contribution in [-0.2, 0) is 7.05 Å². The van der Waals surface area contributed by atoms with Crippen LogP contribution in [0.2, 0.25) is 0 Å². The lowest BCUT2D eigenvalue weighted by atomic mass is 10.0. The van der Waals surface area contributed by atoms with Crippen molar-refractivity contribution >= 4 is 15.9 Å². The lowest BCUT2D eigenvalue weighted by molar-refractivity contribution is 0.572. The van der Waals surface area contributed by atoms with Crippen LogP contribution in [0.5, 0.6) is 0 Å². The highest BCUT2D eigenvalue weighted by molar-refractivity contribution is 9.10. The van der Waals surface area contributed by atoms with Crippen molar-refractivity contribution < 1.29 is 0 Å². The van der Waals surface area contributed by atoms with E-state index in [4.69, 9.17) is 0 Å². The van der Waals surface area contributed by atoms with Gasteiger partial charge in [-0.1, -0.05) is 28.9 Å². The first-order valence-electron chi connectivity index (χ1n) is 6.10. The standard InChI is InChI=1S/C14H18BrN3/c1-4-16-14(13-5-6-17-18(13)3)11-7-10(2)8-12(15)9-11/h5-9,14,16H,4H2,1-3H3. The van der Waals surface area contributed by atoms with Crippen LogP contribution in [0.3, 0.4) is 0 Å². The third-order valence-electron chi connectivity index (χ3n) is 2.96. The monoisotopic (exact) mass is 307 g/mol. The summed E-state index contributed by atoms with van der Waals surface area (Å²) in [5.41, 5.74) is 3.69. The summed E-state index contributed by atoms with van der Waals surface area (Å²) >= 11 is 3.56. The second kappa shape index (κ2) is 5.67. The van der Waals surface area contributed by atoms with Crippen molar-refractivity contribution in [2.45, 2.75) is 19.9 Å². The van der Waals surface area contributed by atoms with E-state index in [1.807, 2.05) is 17.9 Å². The molecule has 96 valence electrons. The highest BCUT2D eigenvalue weighted by atomic mass is 79.9. The average Bonchev–Trinajstić information content (AvgIpc) is 2.71. The quantitative estimate of drug-likeness (QED) is 0.940. The van der Waals surface area contributed by atoms with Gasteiger partial charge in [0.05, 0.1) is 11.7 Å². The van der Waals surface area contributed by atoms with E-state index in [0.717, 1.165) is 11.0 Å². The van der Waals surface area contributed by atoms with Crippen molar-refractivity contribution in [1.29, 1.82) is 0 Å². The Hall–Kier alpha value is -1.13. The van der Waals surface area contributed by atoms with E-state index >= 15 is 0 Å². The van der Waals surface area contributed by atoms with Crippen molar-refractivity contribution in [3.63, 3.8) is 0 Å². The molecule has 0 aliphatic carbocycles. The predicted molar refractivity (Wildman–Crippen MR) is 77.6 cm³/mol. The molecular weight excluding hydrogens is 290 g/mol. The van der Waals surface area contributed by atoms with E-state index in [1.165, 1.54) is 16.8 Å². The molecule has 0 radical (unpaired) electrons. The molecule has 0 aliphatic heterocycles. The van der Waals surface area contributed by atoms with Crippen LogP contribution in [0.1, 0.15) is 29.8 Å². The lowest BCUT2D eigenvalue weighted by Crippen LogP contribution is -2.24. The summed E-state index contributed by atoms with van der Waals surface area (Å²) in [5.74, 6) is 0. The molecule has 1 aromatic heterocycles. The van der Waals surface area contributed by atoms with E-state index in [9.17, 15) is 0 Å². The number of benzene rings is 1. The molecule has 3 nitrogen and oxygen atoms in total. The van der Waals surface area contributed by atoms with E-state index < -0.39 is 0 Å². The van der Waals surface area contributed by atoms with Crippen LogP contribution < -0.4 is 5.32 Å². The molecule has 0 fully saturated rings. The molecule has 0 spiro atoms. The molecule has 1 aromatic carbocycles. The Bertz CT molecular complexity index is 513. The fourth-order valence-corrected chi connectivity index (χ4v) is 2.82. The Morgan fingerprint density at radius 3 is 2.72 bits per heavy atom. The summed E-state index contributed by atoms with van der Waals surface area (Å²) in [6.07, 6.45) is 1.84. The smallest absolute Gasteiger partial charge is 0.0748 e. The van der Waals surface area contributed by atoms with Gasteiger partial charge in [-0.25, -0.2) is 0 Å². The second-order valence-corrected chi connectivity index (χ2v) is 5.35. The number of hydrogen-bond donors (Lipinski definition) is 1. The maximum atomic E-state index is 4.26. The van der Waals surface area contributed by atoms with Crippen LogP contribution in [-0.4, -0.2) is 16.3 Å². The van der Waals surface area contributed by atoms with Crippen molar-refractivity contribution in [2.75, 3.05) is 6.54 Å². The Labute approximate surface area is 116 Å². The number of rotatable bonds is 4. The number of halogens is 1. The van der Waals surface area contributed by atoms with E-state index in [0.29, 0.717) is 0 Å². The van der Waals surface area contributed by atoms with Crippen LogP contribution in [0.25, 0.3) is 0 Å². The zero-order valence-corrected chi connectivity index (χ0v) is 12.5. The van der Waals surface area contributed by atoms with Gasteiger partial charge in [0.25, 0.3) is 0 Å². The maximum absolute atomic E-state index is 4.26. The Kier molecular flexibility index (Phi) is 4.19. The number of nitrogens with one attached hydrogen (secondary N) is 1. The Morgan fingerprint density at radius 2 is 2.17 bits per heavy atom. The van der Waals surface area contributed by atoms with E-state index in [1.54, 1.807) is 0 Å². The van der Waals surface area contributed by atoms with E-state index in [2.05, 4.69) is 64.5 Å². The minimum absolute atomic E-state index is 0.179. The molecule has 1 N–H and O–H groups in total. The van der Waals surface area contributed by atoms with Gasteiger partial charge in [-0.2, -0.15) is 5.10 Å². The largest absolute Gasteiger partial charge is 0.305 e. The lowest BCUT2D eigenvalue weighted by Gasteiger charge is -2.19. The molecule has 2 rings (SSSR count). The van der Waals surface area contributed by atoms with Gasteiger partial charge >= 0.3 is 0 Å². The van der Waals surface area contributed by atoms with Gasteiger partial charge < -0.3 is 5.32 Å². The average molecular weight is 308 g/mol. The minimum atomic E-state index is 0.179. The van der Waals surface area contributed by atoms with Crippen LogP contribution in [0.4, 0.5) is 0 Å². The highest BCUT2D eigenvalue weighted by Gasteiger charge is 2.16. The summed E-state index contributed by atoms with van der Waals surface area (Å²) in [6.45, 7) is 5.15.